The minimum Gasteiger partial charge on any atom is -0.464 e. The number of furan rings is 1. The Morgan fingerprint density at radius 2 is 1.79 bits per heavy atom. The van der Waals surface area contributed by atoms with Crippen molar-refractivity contribution in [3.05, 3.63) is 54.0 Å². The molecule has 0 radical (unpaired) electrons. The molecule has 1 aromatic carbocycles. The zero-order valence-corrected chi connectivity index (χ0v) is 12.1. The van der Waals surface area contributed by atoms with Gasteiger partial charge < -0.3 is 9.73 Å². The van der Waals surface area contributed by atoms with Gasteiger partial charge in [-0.15, -0.1) is 0 Å². The van der Waals surface area contributed by atoms with Crippen molar-refractivity contribution in [2.75, 3.05) is 0 Å². The number of rotatable bonds is 6. The van der Waals surface area contributed by atoms with Gasteiger partial charge in [-0.3, -0.25) is 4.21 Å². The van der Waals surface area contributed by atoms with Crippen molar-refractivity contribution in [3.63, 3.8) is 0 Å². The number of hydrogen-bond donors (Lipinski definition) is 1. The second-order valence-electron chi connectivity index (χ2n) is 4.71. The fourth-order valence-electron chi connectivity index (χ4n) is 1.68. The van der Waals surface area contributed by atoms with E-state index < -0.39 is 10.8 Å². The molecule has 2 rings (SSSR count). The molecule has 0 fully saturated rings. The molecule has 0 aliphatic rings. The topological polar surface area (TPSA) is 42.2 Å². The second kappa shape index (κ2) is 6.68. The van der Waals surface area contributed by atoms with Gasteiger partial charge in [0.1, 0.15) is 11.5 Å². The first-order chi connectivity index (χ1) is 9.15. The van der Waals surface area contributed by atoms with E-state index in [1.165, 1.54) is 0 Å². The van der Waals surface area contributed by atoms with Gasteiger partial charge in [-0.05, 0) is 24.3 Å². The molecule has 3 nitrogen and oxygen atoms in total. The molecule has 19 heavy (non-hydrogen) atoms. The molecule has 102 valence electrons. The van der Waals surface area contributed by atoms with Crippen molar-refractivity contribution in [2.45, 2.75) is 37.1 Å². The third-order valence-corrected chi connectivity index (χ3v) is 4.03. The highest BCUT2D eigenvalue weighted by Crippen LogP contribution is 2.14. The SMILES string of the molecule is CC(C)NCc1ccc(CS(=O)c2ccccc2)o1. The van der Waals surface area contributed by atoms with Crippen LogP contribution in [0.4, 0.5) is 0 Å². The molecule has 0 aliphatic heterocycles. The average Bonchev–Trinajstić information content (AvgIpc) is 2.85. The normalized spacial score (nSPS) is 12.8. The van der Waals surface area contributed by atoms with Gasteiger partial charge in [0.05, 0.1) is 23.1 Å². The molecule has 1 N–H and O–H groups in total. The molecule has 0 saturated carbocycles. The molecule has 1 heterocycles. The van der Waals surface area contributed by atoms with Crippen molar-refractivity contribution < 1.29 is 8.63 Å². The molecule has 0 saturated heterocycles. The third-order valence-electron chi connectivity index (χ3n) is 2.68. The van der Waals surface area contributed by atoms with Gasteiger partial charge in [0, 0.05) is 10.9 Å². The first-order valence-electron chi connectivity index (χ1n) is 6.39. The molecule has 0 amide bonds. The molecule has 0 bridgehead atoms. The van der Waals surface area contributed by atoms with E-state index in [-0.39, 0.29) is 0 Å². The molecule has 0 spiro atoms. The van der Waals surface area contributed by atoms with E-state index in [0.717, 1.165) is 16.4 Å². The van der Waals surface area contributed by atoms with Crippen LogP contribution in [-0.2, 0) is 23.1 Å². The Kier molecular flexibility index (Phi) is 4.93. The van der Waals surface area contributed by atoms with Crippen LogP contribution in [0.5, 0.6) is 0 Å². The number of benzene rings is 1. The van der Waals surface area contributed by atoms with Crippen LogP contribution in [0, 0.1) is 0 Å². The van der Waals surface area contributed by atoms with Crippen LogP contribution in [-0.4, -0.2) is 10.3 Å². The largest absolute Gasteiger partial charge is 0.464 e. The second-order valence-corrected chi connectivity index (χ2v) is 6.16. The van der Waals surface area contributed by atoms with Crippen molar-refractivity contribution in [1.29, 1.82) is 0 Å². The summed E-state index contributed by atoms with van der Waals surface area (Å²) in [6.45, 7) is 4.89. The lowest BCUT2D eigenvalue weighted by Gasteiger charge is -2.05. The fourth-order valence-corrected chi connectivity index (χ4v) is 2.73. The highest BCUT2D eigenvalue weighted by Gasteiger charge is 2.08. The average molecular weight is 277 g/mol. The molecule has 1 unspecified atom stereocenters. The van der Waals surface area contributed by atoms with Crippen molar-refractivity contribution in [2.24, 2.45) is 0 Å². The van der Waals surface area contributed by atoms with Crippen LogP contribution in [0.3, 0.4) is 0 Å². The van der Waals surface area contributed by atoms with E-state index in [9.17, 15) is 4.21 Å². The molecule has 4 heteroatoms. The van der Waals surface area contributed by atoms with Crippen LogP contribution in [0.1, 0.15) is 25.4 Å². The molecule has 0 aliphatic carbocycles. The summed E-state index contributed by atoms with van der Waals surface area (Å²) in [5, 5.41) is 3.29. The summed E-state index contributed by atoms with van der Waals surface area (Å²) in [5.41, 5.74) is 0. The summed E-state index contributed by atoms with van der Waals surface area (Å²) in [4.78, 5) is 0.834. The van der Waals surface area contributed by atoms with Gasteiger partial charge in [0.25, 0.3) is 0 Å². The van der Waals surface area contributed by atoms with E-state index in [0.29, 0.717) is 18.3 Å². The Balaban J connectivity index is 1.95. The Bertz CT molecular complexity index is 534. The first kappa shape index (κ1) is 14.0. The minimum atomic E-state index is -1.05. The Morgan fingerprint density at radius 3 is 2.47 bits per heavy atom. The van der Waals surface area contributed by atoms with E-state index in [2.05, 4.69) is 19.2 Å². The summed E-state index contributed by atoms with van der Waals surface area (Å²) < 4.78 is 17.8. The third kappa shape index (κ3) is 4.33. The maximum absolute atomic E-state index is 12.1. The van der Waals surface area contributed by atoms with Gasteiger partial charge in [-0.1, -0.05) is 32.0 Å². The standard InChI is InChI=1S/C15H19NO2S/c1-12(2)16-10-13-8-9-14(18-13)11-19(17)15-6-4-3-5-7-15/h3-9,12,16H,10-11H2,1-2H3. The lowest BCUT2D eigenvalue weighted by atomic mass is 10.3. The molecular weight excluding hydrogens is 258 g/mol. The Labute approximate surface area is 116 Å². The van der Waals surface area contributed by atoms with Gasteiger partial charge in [0.2, 0.25) is 0 Å². The fraction of sp³-hybridized carbons (Fsp3) is 0.333. The van der Waals surface area contributed by atoms with Gasteiger partial charge in [-0.2, -0.15) is 0 Å². The zero-order chi connectivity index (χ0) is 13.7. The van der Waals surface area contributed by atoms with Gasteiger partial charge in [0.15, 0.2) is 0 Å². The van der Waals surface area contributed by atoms with Crippen LogP contribution >= 0.6 is 0 Å². The summed E-state index contributed by atoms with van der Waals surface area (Å²) in [5.74, 6) is 2.07. The minimum absolute atomic E-state index is 0.422. The van der Waals surface area contributed by atoms with E-state index in [1.807, 2.05) is 42.5 Å². The molecule has 2 aromatic rings. The highest BCUT2D eigenvalue weighted by atomic mass is 32.2. The van der Waals surface area contributed by atoms with Gasteiger partial charge >= 0.3 is 0 Å². The van der Waals surface area contributed by atoms with Crippen LogP contribution in [0.2, 0.25) is 0 Å². The predicted molar refractivity (Wildman–Crippen MR) is 77.2 cm³/mol. The Morgan fingerprint density at radius 1 is 1.11 bits per heavy atom. The van der Waals surface area contributed by atoms with Gasteiger partial charge in [-0.25, -0.2) is 0 Å². The highest BCUT2D eigenvalue weighted by molar-refractivity contribution is 7.84. The van der Waals surface area contributed by atoms with Crippen LogP contribution in [0.15, 0.2) is 51.8 Å². The molecule has 1 aromatic heterocycles. The zero-order valence-electron chi connectivity index (χ0n) is 11.3. The summed E-state index contributed by atoms with van der Waals surface area (Å²) in [6.07, 6.45) is 0. The quantitative estimate of drug-likeness (QED) is 0.882. The molecular formula is C15H19NO2S. The molecule has 1 atom stereocenters. The van der Waals surface area contributed by atoms with E-state index in [4.69, 9.17) is 4.42 Å². The predicted octanol–water partition coefficient (Wildman–Crippen LogP) is 3.09. The lowest BCUT2D eigenvalue weighted by molar-refractivity contribution is 0.445. The number of nitrogens with one attached hydrogen (secondary N) is 1. The van der Waals surface area contributed by atoms with Crippen LogP contribution < -0.4 is 5.32 Å². The Hall–Kier alpha value is -1.39. The summed E-state index contributed by atoms with van der Waals surface area (Å²) >= 11 is 0. The monoisotopic (exact) mass is 277 g/mol. The first-order valence-corrected chi connectivity index (χ1v) is 7.71. The van der Waals surface area contributed by atoms with Crippen molar-refractivity contribution in [1.82, 2.24) is 5.32 Å². The summed E-state index contributed by atoms with van der Waals surface area (Å²) in [6, 6.07) is 13.7. The van der Waals surface area contributed by atoms with Crippen molar-refractivity contribution >= 4 is 10.8 Å². The smallest absolute Gasteiger partial charge is 0.118 e. The summed E-state index contributed by atoms with van der Waals surface area (Å²) in [7, 11) is -1.05. The van der Waals surface area contributed by atoms with Crippen molar-refractivity contribution in [3.8, 4) is 0 Å². The van der Waals surface area contributed by atoms with Crippen LogP contribution in [0.25, 0.3) is 0 Å². The number of hydrogen-bond acceptors (Lipinski definition) is 3. The lowest BCUT2D eigenvalue weighted by Crippen LogP contribution is -2.21. The van der Waals surface area contributed by atoms with E-state index >= 15 is 0 Å². The van der Waals surface area contributed by atoms with E-state index in [1.54, 1.807) is 0 Å². The maximum atomic E-state index is 12.1. The maximum Gasteiger partial charge on any atom is 0.118 e.